The summed E-state index contributed by atoms with van der Waals surface area (Å²) < 4.78 is 27.5. The highest BCUT2D eigenvalue weighted by Crippen LogP contribution is 2.44. The van der Waals surface area contributed by atoms with Crippen LogP contribution in [-0.4, -0.2) is 19.6 Å². The van der Waals surface area contributed by atoms with Crippen LogP contribution in [-0.2, 0) is 16.6 Å². The van der Waals surface area contributed by atoms with E-state index in [2.05, 4.69) is 4.72 Å². The lowest BCUT2D eigenvalue weighted by atomic mass is 9.96. The molecule has 0 amide bonds. The van der Waals surface area contributed by atoms with Crippen LogP contribution in [0.2, 0.25) is 0 Å². The molecule has 4 nitrogen and oxygen atoms in total. The van der Waals surface area contributed by atoms with Gasteiger partial charge in [-0.15, -0.1) is 0 Å². The molecule has 3 rings (SSSR count). The summed E-state index contributed by atoms with van der Waals surface area (Å²) >= 11 is 0. The summed E-state index contributed by atoms with van der Waals surface area (Å²) in [6.45, 7) is -0.141. The van der Waals surface area contributed by atoms with Crippen molar-refractivity contribution >= 4 is 10.0 Å². The highest BCUT2D eigenvalue weighted by Gasteiger charge is 2.41. The van der Waals surface area contributed by atoms with E-state index in [1.807, 2.05) is 0 Å². The second-order valence-corrected chi connectivity index (χ2v) is 7.42. The molecule has 5 heteroatoms. The summed E-state index contributed by atoms with van der Waals surface area (Å²) in [5.41, 5.74) is 0.621. The van der Waals surface area contributed by atoms with Crippen molar-refractivity contribution in [2.75, 3.05) is 0 Å². The molecule has 0 heterocycles. The molecule has 2 N–H and O–H groups in total. The molecule has 1 aromatic carbocycles. The molecule has 0 aliphatic heterocycles. The van der Waals surface area contributed by atoms with Gasteiger partial charge in [0.1, 0.15) is 0 Å². The highest BCUT2D eigenvalue weighted by molar-refractivity contribution is 7.89. The van der Waals surface area contributed by atoms with E-state index in [9.17, 15) is 8.42 Å². The molecule has 104 valence electrons. The van der Waals surface area contributed by atoms with Crippen LogP contribution in [0.15, 0.2) is 29.2 Å². The maximum absolute atomic E-state index is 12.3. The molecule has 2 aliphatic rings. The molecule has 19 heavy (non-hydrogen) atoms. The molecule has 2 saturated carbocycles. The van der Waals surface area contributed by atoms with Crippen molar-refractivity contribution in [1.29, 1.82) is 0 Å². The van der Waals surface area contributed by atoms with Gasteiger partial charge in [0.25, 0.3) is 0 Å². The Kier molecular flexibility index (Phi) is 3.37. The summed E-state index contributed by atoms with van der Waals surface area (Å²) in [5, 5.41) is 9.08. The predicted octanol–water partition coefficient (Wildman–Crippen LogP) is 1.65. The zero-order chi connectivity index (χ0) is 13.5. The third-order valence-electron chi connectivity index (χ3n) is 4.44. The zero-order valence-corrected chi connectivity index (χ0v) is 11.6. The second kappa shape index (κ2) is 4.89. The minimum absolute atomic E-state index is 0.0986. The van der Waals surface area contributed by atoms with Crippen LogP contribution >= 0.6 is 0 Å². The number of hydrogen-bond donors (Lipinski definition) is 2. The molecular formula is C14H19NO3S. The molecule has 2 bridgehead atoms. The van der Waals surface area contributed by atoms with Crippen LogP contribution in [0, 0.1) is 11.8 Å². The highest BCUT2D eigenvalue weighted by atomic mass is 32.2. The lowest BCUT2D eigenvalue weighted by Gasteiger charge is -2.22. The van der Waals surface area contributed by atoms with E-state index in [0.29, 0.717) is 17.4 Å². The Morgan fingerprint density at radius 2 is 2.11 bits per heavy atom. The Morgan fingerprint density at radius 3 is 2.74 bits per heavy atom. The van der Waals surface area contributed by atoms with Gasteiger partial charge in [0.15, 0.2) is 0 Å². The molecule has 0 saturated heterocycles. The fourth-order valence-corrected chi connectivity index (χ4v) is 4.85. The topological polar surface area (TPSA) is 66.4 Å². The molecule has 0 spiro atoms. The first-order valence-electron chi connectivity index (χ1n) is 6.80. The predicted molar refractivity (Wildman–Crippen MR) is 71.9 cm³/mol. The van der Waals surface area contributed by atoms with Crippen LogP contribution in [0.1, 0.15) is 31.2 Å². The van der Waals surface area contributed by atoms with Crippen LogP contribution in [0.25, 0.3) is 0 Å². The standard InChI is InChI=1S/C14H19NO3S/c16-9-11-2-1-3-13(7-11)19(17,18)15-14-8-10-4-5-12(14)6-10/h1-3,7,10,12,14-16H,4-6,8-9H2. The van der Waals surface area contributed by atoms with Crippen molar-refractivity contribution < 1.29 is 13.5 Å². The van der Waals surface area contributed by atoms with Crippen molar-refractivity contribution in [3.05, 3.63) is 29.8 Å². The number of fused-ring (bicyclic) bond motifs is 2. The van der Waals surface area contributed by atoms with E-state index >= 15 is 0 Å². The van der Waals surface area contributed by atoms with Crippen molar-refractivity contribution in [1.82, 2.24) is 4.72 Å². The molecule has 3 unspecified atom stereocenters. The van der Waals surface area contributed by atoms with E-state index in [1.54, 1.807) is 18.2 Å². The van der Waals surface area contributed by atoms with Gasteiger partial charge in [-0.3, -0.25) is 0 Å². The first-order valence-corrected chi connectivity index (χ1v) is 8.29. The third kappa shape index (κ3) is 2.55. The minimum Gasteiger partial charge on any atom is -0.392 e. The summed E-state index contributed by atoms with van der Waals surface area (Å²) in [7, 11) is -3.46. The fourth-order valence-electron chi connectivity index (χ4n) is 3.47. The Labute approximate surface area is 113 Å². The Hall–Kier alpha value is -0.910. The molecule has 2 aliphatic carbocycles. The van der Waals surface area contributed by atoms with Gasteiger partial charge in [-0.25, -0.2) is 13.1 Å². The summed E-state index contributed by atoms with van der Waals surface area (Å²) in [6, 6.07) is 6.60. The van der Waals surface area contributed by atoms with Gasteiger partial charge in [-0.2, -0.15) is 0 Å². The molecule has 0 radical (unpaired) electrons. The average molecular weight is 281 g/mol. The Balaban J connectivity index is 1.78. The molecular weight excluding hydrogens is 262 g/mol. The average Bonchev–Trinajstić information content (AvgIpc) is 3.00. The van der Waals surface area contributed by atoms with Crippen LogP contribution in [0.3, 0.4) is 0 Å². The smallest absolute Gasteiger partial charge is 0.240 e. The zero-order valence-electron chi connectivity index (χ0n) is 10.7. The van der Waals surface area contributed by atoms with E-state index in [-0.39, 0.29) is 17.5 Å². The van der Waals surface area contributed by atoms with Crippen molar-refractivity contribution in [3.8, 4) is 0 Å². The number of aliphatic hydroxyl groups excluding tert-OH is 1. The summed E-state index contributed by atoms with van der Waals surface area (Å²) in [5.74, 6) is 1.22. The van der Waals surface area contributed by atoms with Crippen LogP contribution in [0.4, 0.5) is 0 Å². The number of aliphatic hydroxyl groups is 1. The van der Waals surface area contributed by atoms with Gasteiger partial charge in [-0.05, 0) is 48.8 Å². The Morgan fingerprint density at radius 1 is 1.26 bits per heavy atom. The lowest BCUT2D eigenvalue weighted by Crippen LogP contribution is -2.38. The summed E-state index contributed by atoms with van der Waals surface area (Å²) in [4.78, 5) is 0.252. The van der Waals surface area contributed by atoms with Crippen LogP contribution in [0.5, 0.6) is 0 Å². The SMILES string of the molecule is O=S(=O)(NC1CC2CCC1C2)c1cccc(CO)c1. The lowest BCUT2D eigenvalue weighted by molar-refractivity contribution is 0.281. The number of nitrogens with one attached hydrogen (secondary N) is 1. The van der Waals surface area contributed by atoms with Gasteiger partial charge in [-0.1, -0.05) is 18.6 Å². The maximum atomic E-state index is 12.3. The fraction of sp³-hybridized carbons (Fsp3) is 0.571. The first kappa shape index (κ1) is 13.1. The van der Waals surface area contributed by atoms with E-state index in [4.69, 9.17) is 5.11 Å². The maximum Gasteiger partial charge on any atom is 0.240 e. The van der Waals surface area contributed by atoms with Crippen LogP contribution < -0.4 is 4.72 Å². The van der Waals surface area contributed by atoms with Gasteiger partial charge in [0.2, 0.25) is 10.0 Å². The quantitative estimate of drug-likeness (QED) is 0.882. The minimum atomic E-state index is -3.46. The van der Waals surface area contributed by atoms with Crippen molar-refractivity contribution in [3.63, 3.8) is 0 Å². The molecule has 3 atom stereocenters. The number of benzene rings is 1. The van der Waals surface area contributed by atoms with Crippen molar-refractivity contribution in [2.45, 2.75) is 43.2 Å². The molecule has 0 aromatic heterocycles. The Bertz CT molecular complexity index is 570. The number of sulfonamides is 1. The van der Waals surface area contributed by atoms with E-state index < -0.39 is 10.0 Å². The second-order valence-electron chi connectivity index (χ2n) is 5.71. The van der Waals surface area contributed by atoms with Gasteiger partial charge in [0, 0.05) is 6.04 Å². The largest absolute Gasteiger partial charge is 0.392 e. The van der Waals surface area contributed by atoms with Gasteiger partial charge < -0.3 is 5.11 Å². The molecule has 2 fully saturated rings. The van der Waals surface area contributed by atoms with E-state index in [0.717, 1.165) is 12.8 Å². The normalized spacial score (nSPS) is 29.8. The summed E-state index contributed by atoms with van der Waals surface area (Å²) in [6.07, 6.45) is 4.55. The molecule has 1 aromatic rings. The number of hydrogen-bond acceptors (Lipinski definition) is 3. The number of rotatable bonds is 4. The van der Waals surface area contributed by atoms with Gasteiger partial charge in [0.05, 0.1) is 11.5 Å². The van der Waals surface area contributed by atoms with Crippen molar-refractivity contribution in [2.24, 2.45) is 11.8 Å². The van der Waals surface area contributed by atoms with Gasteiger partial charge >= 0.3 is 0 Å². The third-order valence-corrected chi connectivity index (χ3v) is 5.92. The van der Waals surface area contributed by atoms with E-state index in [1.165, 1.54) is 18.9 Å². The first-order chi connectivity index (χ1) is 9.08. The monoisotopic (exact) mass is 281 g/mol.